The van der Waals surface area contributed by atoms with E-state index in [-0.39, 0.29) is 17.2 Å². The van der Waals surface area contributed by atoms with Gasteiger partial charge in [-0.15, -0.1) is 0 Å². The maximum atomic E-state index is 13.9. The van der Waals surface area contributed by atoms with Crippen LogP contribution in [-0.2, 0) is 11.6 Å². The lowest BCUT2D eigenvalue weighted by molar-refractivity contribution is -0.141. The predicted octanol–water partition coefficient (Wildman–Crippen LogP) is 3.78. The molecular weight excluding hydrogens is 298 g/mol. The zero-order valence-electron chi connectivity index (χ0n) is 11.5. The number of hydrogen-bond acceptors (Lipinski definition) is 3. The third-order valence-corrected chi connectivity index (χ3v) is 3.83. The quantitative estimate of drug-likeness (QED) is 0.873. The van der Waals surface area contributed by atoms with E-state index in [0.717, 1.165) is 25.1 Å². The Morgan fingerprint density at radius 2 is 1.86 bits per heavy atom. The maximum Gasteiger partial charge on any atom is 0.433 e. The van der Waals surface area contributed by atoms with Gasteiger partial charge in [-0.3, -0.25) is 0 Å². The molecule has 0 unspecified atom stereocenters. The van der Waals surface area contributed by atoms with Gasteiger partial charge in [-0.2, -0.15) is 13.2 Å². The molecule has 3 rings (SSSR count). The minimum absolute atomic E-state index is 0.0996. The lowest BCUT2D eigenvalue weighted by Crippen LogP contribution is -2.22. The SMILES string of the molecule is Fc1ccccc1C1(CNc2nccc(C(F)(F)F)n2)CC1. The third-order valence-electron chi connectivity index (χ3n) is 3.83. The van der Waals surface area contributed by atoms with Gasteiger partial charge in [0.15, 0.2) is 0 Å². The summed E-state index contributed by atoms with van der Waals surface area (Å²) in [5.41, 5.74) is -0.807. The van der Waals surface area contributed by atoms with Crippen LogP contribution in [-0.4, -0.2) is 16.5 Å². The molecular formula is C15H13F4N3. The molecule has 1 heterocycles. The van der Waals surface area contributed by atoms with E-state index < -0.39 is 11.9 Å². The van der Waals surface area contributed by atoms with Gasteiger partial charge in [-0.1, -0.05) is 18.2 Å². The number of nitrogens with zero attached hydrogens (tertiary/aromatic N) is 2. The molecule has 1 aromatic heterocycles. The molecule has 3 nitrogen and oxygen atoms in total. The van der Waals surface area contributed by atoms with Crippen LogP contribution in [0.3, 0.4) is 0 Å². The summed E-state index contributed by atoms with van der Waals surface area (Å²) < 4.78 is 51.7. The summed E-state index contributed by atoms with van der Waals surface area (Å²) in [4.78, 5) is 7.23. The van der Waals surface area contributed by atoms with Crippen molar-refractivity contribution >= 4 is 5.95 Å². The van der Waals surface area contributed by atoms with Crippen molar-refractivity contribution in [3.05, 3.63) is 53.6 Å². The number of alkyl halides is 3. The monoisotopic (exact) mass is 311 g/mol. The van der Waals surface area contributed by atoms with Crippen molar-refractivity contribution in [2.24, 2.45) is 0 Å². The van der Waals surface area contributed by atoms with Gasteiger partial charge < -0.3 is 5.32 Å². The van der Waals surface area contributed by atoms with E-state index in [1.807, 2.05) is 0 Å². The molecule has 1 aliphatic rings. The van der Waals surface area contributed by atoms with Crippen molar-refractivity contribution in [1.82, 2.24) is 9.97 Å². The van der Waals surface area contributed by atoms with Gasteiger partial charge in [0.25, 0.3) is 0 Å². The lowest BCUT2D eigenvalue weighted by Gasteiger charge is -2.17. The van der Waals surface area contributed by atoms with Crippen molar-refractivity contribution in [3.63, 3.8) is 0 Å². The zero-order valence-corrected chi connectivity index (χ0v) is 11.5. The fourth-order valence-electron chi connectivity index (χ4n) is 2.43. The van der Waals surface area contributed by atoms with Gasteiger partial charge in [0, 0.05) is 18.2 Å². The first-order valence-corrected chi connectivity index (χ1v) is 6.80. The number of rotatable bonds is 4. The average Bonchev–Trinajstić information content (AvgIpc) is 3.26. The highest BCUT2D eigenvalue weighted by molar-refractivity contribution is 5.37. The molecule has 1 fully saturated rings. The van der Waals surface area contributed by atoms with E-state index >= 15 is 0 Å². The van der Waals surface area contributed by atoms with Crippen LogP contribution in [0.15, 0.2) is 36.5 Å². The summed E-state index contributed by atoms with van der Waals surface area (Å²) in [6.07, 6.45) is -1.90. The van der Waals surface area contributed by atoms with Crippen LogP contribution >= 0.6 is 0 Å². The van der Waals surface area contributed by atoms with Crippen molar-refractivity contribution in [2.45, 2.75) is 24.4 Å². The number of hydrogen-bond donors (Lipinski definition) is 1. The molecule has 1 N–H and O–H groups in total. The summed E-state index contributed by atoms with van der Waals surface area (Å²) in [5, 5.41) is 2.80. The standard InChI is InChI=1S/C15H13F4N3/c16-11-4-2-1-3-10(11)14(6-7-14)9-21-13-20-8-5-12(22-13)15(17,18)19/h1-5,8H,6-7,9H2,(H,20,21,22). The minimum Gasteiger partial charge on any atom is -0.353 e. The molecule has 0 aliphatic heterocycles. The molecule has 0 bridgehead atoms. The van der Waals surface area contributed by atoms with Crippen LogP contribution in [0.5, 0.6) is 0 Å². The molecule has 0 radical (unpaired) electrons. The Balaban J connectivity index is 1.75. The molecule has 0 atom stereocenters. The number of benzene rings is 1. The minimum atomic E-state index is -4.51. The molecule has 1 aliphatic carbocycles. The second-order valence-electron chi connectivity index (χ2n) is 5.38. The molecule has 1 saturated carbocycles. The van der Waals surface area contributed by atoms with Crippen molar-refractivity contribution in [1.29, 1.82) is 0 Å². The van der Waals surface area contributed by atoms with Crippen LogP contribution in [0.4, 0.5) is 23.5 Å². The normalized spacial score (nSPS) is 16.4. The van der Waals surface area contributed by atoms with Crippen molar-refractivity contribution in [2.75, 3.05) is 11.9 Å². The van der Waals surface area contributed by atoms with E-state index in [1.165, 1.54) is 6.07 Å². The Hall–Kier alpha value is -2.18. The van der Waals surface area contributed by atoms with Gasteiger partial charge in [0.05, 0.1) is 0 Å². The van der Waals surface area contributed by atoms with E-state index in [1.54, 1.807) is 18.2 Å². The van der Waals surface area contributed by atoms with Gasteiger partial charge >= 0.3 is 6.18 Å². The van der Waals surface area contributed by atoms with Crippen LogP contribution in [0.25, 0.3) is 0 Å². The van der Waals surface area contributed by atoms with Crippen LogP contribution < -0.4 is 5.32 Å². The highest BCUT2D eigenvalue weighted by atomic mass is 19.4. The molecule has 2 aromatic rings. The van der Waals surface area contributed by atoms with Gasteiger partial charge in [0.2, 0.25) is 5.95 Å². The van der Waals surface area contributed by atoms with Crippen molar-refractivity contribution < 1.29 is 17.6 Å². The second-order valence-corrected chi connectivity index (χ2v) is 5.38. The van der Waals surface area contributed by atoms with E-state index in [0.29, 0.717) is 12.1 Å². The second kappa shape index (κ2) is 5.23. The lowest BCUT2D eigenvalue weighted by atomic mass is 9.95. The Bertz CT molecular complexity index is 680. The maximum absolute atomic E-state index is 13.9. The highest BCUT2D eigenvalue weighted by Crippen LogP contribution is 2.48. The van der Waals surface area contributed by atoms with Crippen LogP contribution in [0.1, 0.15) is 24.1 Å². The molecule has 0 spiro atoms. The number of nitrogens with one attached hydrogen (secondary N) is 1. The fourth-order valence-corrected chi connectivity index (χ4v) is 2.43. The van der Waals surface area contributed by atoms with Crippen LogP contribution in [0.2, 0.25) is 0 Å². The Morgan fingerprint density at radius 1 is 1.14 bits per heavy atom. The first-order valence-electron chi connectivity index (χ1n) is 6.80. The van der Waals surface area contributed by atoms with Gasteiger partial charge in [-0.25, -0.2) is 14.4 Å². The highest BCUT2D eigenvalue weighted by Gasteiger charge is 2.45. The van der Waals surface area contributed by atoms with E-state index in [4.69, 9.17) is 0 Å². The number of aromatic nitrogens is 2. The molecule has 116 valence electrons. The fraction of sp³-hybridized carbons (Fsp3) is 0.333. The van der Waals surface area contributed by atoms with E-state index in [2.05, 4.69) is 15.3 Å². The van der Waals surface area contributed by atoms with Crippen molar-refractivity contribution in [3.8, 4) is 0 Å². The summed E-state index contributed by atoms with van der Waals surface area (Å²) in [5.74, 6) is -0.399. The van der Waals surface area contributed by atoms with Crippen LogP contribution in [0, 0.1) is 5.82 Å². The molecule has 22 heavy (non-hydrogen) atoms. The van der Waals surface area contributed by atoms with Gasteiger partial charge in [0.1, 0.15) is 11.5 Å². The molecule has 0 saturated heterocycles. The smallest absolute Gasteiger partial charge is 0.353 e. The van der Waals surface area contributed by atoms with E-state index in [9.17, 15) is 17.6 Å². The van der Waals surface area contributed by atoms with Gasteiger partial charge in [-0.05, 0) is 30.5 Å². The third kappa shape index (κ3) is 2.88. The number of anilines is 1. The predicted molar refractivity (Wildman–Crippen MR) is 72.8 cm³/mol. The average molecular weight is 311 g/mol. The largest absolute Gasteiger partial charge is 0.433 e. The molecule has 7 heteroatoms. The molecule has 1 aromatic carbocycles. The molecule has 0 amide bonds. The Morgan fingerprint density at radius 3 is 2.50 bits per heavy atom. The summed E-state index contributed by atoms with van der Waals surface area (Å²) in [7, 11) is 0. The number of halogens is 4. The first-order chi connectivity index (χ1) is 10.4. The summed E-state index contributed by atoms with van der Waals surface area (Å²) in [6.45, 7) is 0.301. The first kappa shape index (κ1) is 14.7. The Labute approximate surface area is 124 Å². The Kier molecular flexibility index (Phi) is 3.50. The summed E-state index contributed by atoms with van der Waals surface area (Å²) >= 11 is 0. The zero-order chi connectivity index (χ0) is 15.8. The topological polar surface area (TPSA) is 37.8 Å². The summed E-state index contributed by atoms with van der Waals surface area (Å²) in [6, 6.07) is 7.26.